The molecule has 0 atom stereocenters. The second-order valence-corrected chi connectivity index (χ2v) is 4.22. The van der Waals surface area contributed by atoms with Gasteiger partial charge in [-0.3, -0.25) is 4.90 Å². The molecule has 1 aromatic carbocycles. The van der Waals surface area contributed by atoms with E-state index in [4.69, 9.17) is 5.26 Å². The highest BCUT2D eigenvalue weighted by atomic mass is 19.1. The van der Waals surface area contributed by atoms with Crippen molar-refractivity contribution < 1.29 is 4.39 Å². The first-order valence-corrected chi connectivity index (χ1v) is 5.89. The minimum absolute atomic E-state index is 0.186. The average molecular weight is 233 g/mol. The molecule has 0 bridgehead atoms. The molecule has 17 heavy (non-hydrogen) atoms. The fourth-order valence-corrected chi connectivity index (χ4v) is 2.11. The Labute approximate surface area is 101 Å². The van der Waals surface area contributed by atoms with Crippen LogP contribution in [0.5, 0.6) is 0 Å². The molecule has 3 nitrogen and oxygen atoms in total. The Kier molecular flexibility index (Phi) is 3.94. The van der Waals surface area contributed by atoms with Crippen molar-refractivity contribution in [1.29, 1.82) is 5.26 Å². The summed E-state index contributed by atoms with van der Waals surface area (Å²) in [5, 5.41) is 8.53. The molecule has 1 aliphatic rings. The van der Waals surface area contributed by atoms with Crippen molar-refractivity contribution in [3.05, 3.63) is 30.1 Å². The number of nitriles is 1. The Morgan fingerprint density at radius 3 is 2.65 bits per heavy atom. The highest BCUT2D eigenvalue weighted by Crippen LogP contribution is 2.17. The van der Waals surface area contributed by atoms with Gasteiger partial charge >= 0.3 is 0 Å². The molecule has 0 N–H and O–H groups in total. The molecule has 2 rings (SSSR count). The standard InChI is InChI=1S/C13H16FN3/c14-12-3-1-4-13(11-12)17-9-7-16(8-10-17)6-2-5-15/h1,3-4,11H,2,6-10H2. The molecule has 0 unspecified atom stereocenters. The molecule has 0 amide bonds. The van der Waals surface area contributed by atoms with E-state index in [1.54, 1.807) is 12.1 Å². The fourth-order valence-electron chi connectivity index (χ4n) is 2.11. The predicted octanol–water partition coefficient (Wildman–Crippen LogP) is 1.86. The van der Waals surface area contributed by atoms with Crippen LogP contribution < -0.4 is 4.90 Å². The Morgan fingerprint density at radius 2 is 2.00 bits per heavy atom. The Balaban J connectivity index is 1.89. The van der Waals surface area contributed by atoms with Gasteiger partial charge in [-0.15, -0.1) is 0 Å². The maximum atomic E-state index is 13.1. The van der Waals surface area contributed by atoms with Crippen LogP contribution in [0.3, 0.4) is 0 Å². The third-order valence-electron chi connectivity index (χ3n) is 3.09. The minimum Gasteiger partial charge on any atom is -0.369 e. The first-order valence-electron chi connectivity index (χ1n) is 5.89. The molecule has 0 saturated carbocycles. The van der Waals surface area contributed by atoms with Crippen LogP contribution in [0.2, 0.25) is 0 Å². The van der Waals surface area contributed by atoms with Gasteiger partial charge in [0.05, 0.1) is 6.07 Å². The van der Waals surface area contributed by atoms with E-state index in [0.717, 1.165) is 38.4 Å². The minimum atomic E-state index is -0.186. The van der Waals surface area contributed by atoms with Gasteiger partial charge in [0, 0.05) is 44.8 Å². The lowest BCUT2D eigenvalue weighted by Gasteiger charge is -2.35. The van der Waals surface area contributed by atoms with Crippen LogP contribution in [0.25, 0.3) is 0 Å². The Bertz CT molecular complexity index is 405. The summed E-state index contributed by atoms with van der Waals surface area (Å²) in [4.78, 5) is 4.46. The van der Waals surface area contributed by atoms with E-state index in [2.05, 4.69) is 15.9 Å². The molecule has 1 aromatic rings. The summed E-state index contributed by atoms with van der Waals surface area (Å²) in [6.45, 7) is 4.52. The van der Waals surface area contributed by atoms with E-state index < -0.39 is 0 Å². The first kappa shape index (κ1) is 11.9. The summed E-state index contributed by atoms with van der Waals surface area (Å²) >= 11 is 0. The number of piperazine rings is 1. The molecular weight excluding hydrogens is 217 g/mol. The predicted molar refractivity (Wildman–Crippen MR) is 65.3 cm³/mol. The van der Waals surface area contributed by atoms with E-state index in [1.807, 2.05) is 6.07 Å². The Morgan fingerprint density at radius 1 is 1.24 bits per heavy atom. The SMILES string of the molecule is N#CCCN1CCN(c2cccc(F)c2)CC1. The molecule has 0 aromatic heterocycles. The van der Waals surface area contributed by atoms with E-state index in [1.165, 1.54) is 6.07 Å². The first-order chi connectivity index (χ1) is 8.29. The quantitative estimate of drug-likeness (QED) is 0.798. The maximum absolute atomic E-state index is 13.1. The molecule has 0 aliphatic carbocycles. The summed E-state index contributed by atoms with van der Waals surface area (Å²) in [6, 6.07) is 8.88. The average Bonchev–Trinajstić information content (AvgIpc) is 2.37. The summed E-state index contributed by atoms with van der Waals surface area (Å²) < 4.78 is 13.1. The van der Waals surface area contributed by atoms with E-state index in [9.17, 15) is 4.39 Å². The summed E-state index contributed by atoms with van der Waals surface area (Å²) in [6.07, 6.45) is 0.583. The lowest BCUT2D eigenvalue weighted by Crippen LogP contribution is -2.46. The van der Waals surface area contributed by atoms with Crippen LogP contribution in [0.1, 0.15) is 6.42 Å². The third kappa shape index (κ3) is 3.18. The van der Waals surface area contributed by atoms with Crippen LogP contribution in [0.4, 0.5) is 10.1 Å². The van der Waals surface area contributed by atoms with Gasteiger partial charge in [0.15, 0.2) is 0 Å². The highest BCUT2D eigenvalue weighted by molar-refractivity contribution is 5.46. The van der Waals surface area contributed by atoms with Gasteiger partial charge in [-0.05, 0) is 18.2 Å². The van der Waals surface area contributed by atoms with Gasteiger partial charge in [0.2, 0.25) is 0 Å². The van der Waals surface area contributed by atoms with Crippen LogP contribution in [0, 0.1) is 17.1 Å². The molecule has 4 heteroatoms. The van der Waals surface area contributed by atoms with Crippen LogP contribution >= 0.6 is 0 Å². The molecule has 90 valence electrons. The number of rotatable bonds is 3. The number of hydrogen-bond donors (Lipinski definition) is 0. The summed E-state index contributed by atoms with van der Waals surface area (Å²) in [7, 11) is 0. The molecule has 0 spiro atoms. The zero-order valence-electron chi connectivity index (χ0n) is 9.77. The van der Waals surface area contributed by atoms with Gasteiger partial charge in [-0.2, -0.15) is 5.26 Å². The highest BCUT2D eigenvalue weighted by Gasteiger charge is 2.16. The molecule has 0 radical (unpaired) electrons. The van der Waals surface area contributed by atoms with E-state index in [0.29, 0.717) is 6.42 Å². The zero-order valence-corrected chi connectivity index (χ0v) is 9.77. The van der Waals surface area contributed by atoms with Gasteiger partial charge in [0.25, 0.3) is 0 Å². The number of halogens is 1. The van der Waals surface area contributed by atoms with E-state index >= 15 is 0 Å². The second-order valence-electron chi connectivity index (χ2n) is 4.22. The van der Waals surface area contributed by atoms with Crippen LogP contribution in [-0.2, 0) is 0 Å². The normalized spacial score (nSPS) is 16.8. The van der Waals surface area contributed by atoms with Crippen molar-refractivity contribution in [3.8, 4) is 6.07 Å². The topological polar surface area (TPSA) is 30.3 Å². The second kappa shape index (κ2) is 5.65. The largest absolute Gasteiger partial charge is 0.369 e. The number of nitrogens with zero attached hydrogens (tertiary/aromatic N) is 3. The van der Waals surface area contributed by atoms with Gasteiger partial charge < -0.3 is 4.90 Å². The fraction of sp³-hybridized carbons (Fsp3) is 0.462. The summed E-state index contributed by atoms with van der Waals surface area (Å²) in [5.41, 5.74) is 0.949. The zero-order chi connectivity index (χ0) is 12.1. The molecule has 1 fully saturated rings. The van der Waals surface area contributed by atoms with Crippen molar-refractivity contribution in [1.82, 2.24) is 4.90 Å². The number of hydrogen-bond acceptors (Lipinski definition) is 3. The number of anilines is 1. The van der Waals surface area contributed by atoms with Crippen molar-refractivity contribution in [3.63, 3.8) is 0 Å². The van der Waals surface area contributed by atoms with E-state index in [-0.39, 0.29) is 5.82 Å². The van der Waals surface area contributed by atoms with Crippen LogP contribution in [0.15, 0.2) is 24.3 Å². The molecule has 1 aliphatic heterocycles. The molecule has 1 saturated heterocycles. The van der Waals surface area contributed by atoms with Crippen molar-refractivity contribution in [2.45, 2.75) is 6.42 Å². The lowest BCUT2D eigenvalue weighted by atomic mass is 10.2. The molecular formula is C13H16FN3. The van der Waals surface area contributed by atoms with Crippen LogP contribution in [-0.4, -0.2) is 37.6 Å². The van der Waals surface area contributed by atoms with Gasteiger partial charge in [0.1, 0.15) is 5.82 Å². The Hall–Kier alpha value is -1.60. The van der Waals surface area contributed by atoms with Crippen molar-refractivity contribution in [2.24, 2.45) is 0 Å². The van der Waals surface area contributed by atoms with Crippen molar-refractivity contribution in [2.75, 3.05) is 37.6 Å². The smallest absolute Gasteiger partial charge is 0.125 e. The number of benzene rings is 1. The maximum Gasteiger partial charge on any atom is 0.125 e. The molecule has 1 heterocycles. The summed E-state index contributed by atoms with van der Waals surface area (Å²) in [5.74, 6) is -0.186. The van der Waals surface area contributed by atoms with Gasteiger partial charge in [-0.25, -0.2) is 4.39 Å². The third-order valence-corrected chi connectivity index (χ3v) is 3.09. The monoisotopic (exact) mass is 233 g/mol. The van der Waals surface area contributed by atoms with Gasteiger partial charge in [-0.1, -0.05) is 6.07 Å². The van der Waals surface area contributed by atoms with Crippen molar-refractivity contribution >= 4 is 5.69 Å². The lowest BCUT2D eigenvalue weighted by molar-refractivity contribution is 0.263.